The average Bonchev–Trinajstić information content (AvgIpc) is 2.71. The number of esters is 1. The van der Waals surface area contributed by atoms with Crippen LogP contribution in [0.2, 0.25) is 0 Å². The van der Waals surface area contributed by atoms with Crippen molar-refractivity contribution in [3.63, 3.8) is 0 Å². The van der Waals surface area contributed by atoms with E-state index in [1.807, 2.05) is 43.3 Å². The summed E-state index contributed by atoms with van der Waals surface area (Å²) in [5.41, 5.74) is 0.881. The molecular formula is C23H29NO3. The summed E-state index contributed by atoms with van der Waals surface area (Å²) in [6, 6.07) is 20.3. The molecule has 0 saturated carbocycles. The lowest BCUT2D eigenvalue weighted by Gasteiger charge is -2.40. The molecule has 0 atom stereocenters. The van der Waals surface area contributed by atoms with Crippen LogP contribution in [-0.4, -0.2) is 37.2 Å². The largest absolute Gasteiger partial charge is 0.494 e. The quantitative estimate of drug-likeness (QED) is 0.652. The summed E-state index contributed by atoms with van der Waals surface area (Å²) in [5.74, 6) is 0.777. The lowest BCUT2D eigenvalue weighted by atomic mass is 9.75. The van der Waals surface area contributed by atoms with E-state index in [1.54, 1.807) is 0 Å². The van der Waals surface area contributed by atoms with Crippen molar-refractivity contribution >= 4 is 5.97 Å². The van der Waals surface area contributed by atoms with Gasteiger partial charge in [-0.3, -0.25) is 9.69 Å². The van der Waals surface area contributed by atoms with Crippen LogP contribution in [0.3, 0.4) is 0 Å². The van der Waals surface area contributed by atoms with Crippen LogP contribution in [0.25, 0.3) is 0 Å². The monoisotopic (exact) mass is 367 g/mol. The van der Waals surface area contributed by atoms with E-state index in [-0.39, 0.29) is 5.97 Å². The van der Waals surface area contributed by atoms with Gasteiger partial charge in [-0.2, -0.15) is 0 Å². The zero-order valence-corrected chi connectivity index (χ0v) is 16.1. The van der Waals surface area contributed by atoms with Crippen LogP contribution in [0.15, 0.2) is 60.7 Å². The Balaban J connectivity index is 1.58. The molecule has 1 saturated heterocycles. The van der Waals surface area contributed by atoms with Crippen LogP contribution in [0.5, 0.6) is 5.75 Å². The number of hydrogen-bond acceptors (Lipinski definition) is 4. The van der Waals surface area contributed by atoms with E-state index in [9.17, 15) is 4.79 Å². The molecule has 1 fully saturated rings. The first-order valence-electron chi connectivity index (χ1n) is 9.83. The summed E-state index contributed by atoms with van der Waals surface area (Å²) in [5, 5.41) is 0. The first-order valence-corrected chi connectivity index (χ1v) is 9.83. The molecular weight excluding hydrogens is 338 g/mol. The van der Waals surface area contributed by atoms with Gasteiger partial charge in [-0.15, -0.1) is 0 Å². The minimum absolute atomic E-state index is 0.0685. The number of benzene rings is 2. The van der Waals surface area contributed by atoms with Gasteiger partial charge >= 0.3 is 5.97 Å². The van der Waals surface area contributed by atoms with Crippen molar-refractivity contribution < 1.29 is 14.3 Å². The van der Waals surface area contributed by atoms with Crippen molar-refractivity contribution in [1.29, 1.82) is 0 Å². The predicted octanol–water partition coefficient (Wildman–Crippen LogP) is 4.30. The molecule has 0 N–H and O–H groups in total. The topological polar surface area (TPSA) is 38.8 Å². The summed E-state index contributed by atoms with van der Waals surface area (Å²) in [4.78, 5) is 15.2. The fourth-order valence-corrected chi connectivity index (χ4v) is 3.70. The number of rotatable bonds is 8. The van der Waals surface area contributed by atoms with Crippen molar-refractivity contribution in [1.82, 2.24) is 4.90 Å². The minimum Gasteiger partial charge on any atom is -0.494 e. The Morgan fingerprint density at radius 2 is 1.63 bits per heavy atom. The molecule has 1 aliphatic rings. The predicted molar refractivity (Wildman–Crippen MR) is 107 cm³/mol. The molecule has 4 heteroatoms. The first-order chi connectivity index (χ1) is 13.2. The number of piperidine rings is 1. The molecule has 3 rings (SSSR count). The van der Waals surface area contributed by atoms with Crippen LogP contribution in [0, 0.1) is 5.41 Å². The Morgan fingerprint density at radius 3 is 2.26 bits per heavy atom. The van der Waals surface area contributed by atoms with E-state index in [0.29, 0.717) is 19.6 Å². The zero-order chi connectivity index (χ0) is 19.0. The molecule has 0 bridgehead atoms. The highest BCUT2D eigenvalue weighted by molar-refractivity contribution is 5.77. The molecule has 0 amide bonds. The molecule has 4 nitrogen and oxygen atoms in total. The summed E-state index contributed by atoms with van der Waals surface area (Å²) in [6.07, 6.45) is 2.33. The SMILES string of the molecule is CCOC(=O)C1(CCOc2ccccc2)CCN(Cc2ccccc2)CC1. The Morgan fingerprint density at radius 1 is 1.00 bits per heavy atom. The molecule has 1 aliphatic heterocycles. The Kier molecular flexibility index (Phi) is 6.88. The van der Waals surface area contributed by atoms with Crippen molar-refractivity contribution in [2.45, 2.75) is 32.7 Å². The smallest absolute Gasteiger partial charge is 0.312 e. The van der Waals surface area contributed by atoms with Crippen molar-refractivity contribution in [3.8, 4) is 5.75 Å². The molecule has 0 unspecified atom stereocenters. The highest BCUT2D eigenvalue weighted by Crippen LogP contribution is 2.37. The van der Waals surface area contributed by atoms with E-state index in [0.717, 1.165) is 38.2 Å². The standard InChI is InChI=1S/C23H29NO3/c1-2-26-22(25)23(15-18-27-21-11-7-4-8-12-21)13-16-24(17-14-23)19-20-9-5-3-6-10-20/h3-12H,2,13-19H2,1H3. The van der Waals surface area contributed by atoms with Crippen molar-refractivity contribution in [2.24, 2.45) is 5.41 Å². The average molecular weight is 367 g/mol. The molecule has 27 heavy (non-hydrogen) atoms. The Labute approximate surface area is 162 Å². The highest BCUT2D eigenvalue weighted by Gasteiger charge is 2.42. The van der Waals surface area contributed by atoms with E-state index in [4.69, 9.17) is 9.47 Å². The van der Waals surface area contributed by atoms with Gasteiger partial charge in [0.15, 0.2) is 0 Å². The number of nitrogens with zero attached hydrogens (tertiary/aromatic N) is 1. The highest BCUT2D eigenvalue weighted by atomic mass is 16.5. The normalized spacial score (nSPS) is 16.6. The number of para-hydroxylation sites is 1. The number of carbonyl (C=O) groups excluding carboxylic acids is 1. The maximum Gasteiger partial charge on any atom is 0.312 e. The molecule has 0 spiro atoms. The van der Waals surface area contributed by atoms with Crippen LogP contribution < -0.4 is 4.74 Å². The zero-order valence-electron chi connectivity index (χ0n) is 16.1. The maximum absolute atomic E-state index is 12.7. The van der Waals surface area contributed by atoms with Gasteiger partial charge in [-0.1, -0.05) is 48.5 Å². The van der Waals surface area contributed by atoms with E-state index in [1.165, 1.54) is 5.56 Å². The summed E-state index contributed by atoms with van der Waals surface area (Å²) in [6.45, 7) is 5.56. The lowest BCUT2D eigenvalue weighted by Crippen LogP contribution is -2.45. The number of likely N-dealkylation sites (tertiary alicyclic amines) is 1. The van der Waals surface area contributed by atoms with Crippen LogP contribution in [-0.2, 0) is 16.1 Å². The summed E-state index contributed by atoms with van der Waals surface area (Å²) >= 11 is 0. The second-order valence-electron chi connectivity index (χ2n) is 7.17. The molecule has 2 aromatic carbocycles. The number of carbonyl (C=O) groups is 1. The van der Waals surface area contributed by atoms with Crippen molar-refractivity contribution in [3.05, 3.63) is 66.2 Å². The molecule has 2 aromatic rings. The Hall–Kier alpha value is -2.33. The third-order valence-electron chi connectivity index (χ3n) is 5.36. The molecule has 144 valence electrons. The van der Waals surface area contributed by atoms with Gasteiger partial charge in [0.05, 0.1) is 18.6 Å². The number of ether oxygens (including phenoxy) is 2. The second kappa shape index (κ2) is 9.56. The molecule has 0 aromatic heterocycles. The third kappa shape index (κ3) is 5.33. The van der Waals surface area contributed by atoms with Gasteiger partial charge < -0.3 is 9.47 Å². The molecule has 0 radical (unpaired) electrons. The van der Waals surface area contributed by atoms with Gasteiger partial charge in [0.25, 0.3) is 0 Å². The van der Waals surface area contributed by atoms with E-state index < -0.39 is 5.41 Å². The van der Waals surface area contributed by atoms with Gasteiger partial charge in [-0.25, -0.2) is 0 Å². The first kappa shape index (κ1) is 19.4. The third-order valence-corrected chi connectivity index (χ3v) is 5.36. The van der Waals surface area contributed by atoms with Crippen LogP contribution in [0.1, 0.15) is 31.7 Å². The van der Waals surface area contributed by atoms with Crippen LogP contribution >= 0.6 is 0 Å². The van der Waals surface area contributed by atoms with Gasteiger partial charge in [0, 0.05) is 6.54 Å². The van der Waals surface area contributed by atoms with Gasteiger partial charge in [-0.05, 0) is 57.0 Å². The summed E-state index contributed by atoms with van der Waals surface area (Å²) < 4.78 is 11.3. The van der Waals surface area contributed by atoms with E-state index in [2.05, 4.69) is 29.2 Å². The van der Waals surface area contributed by atoms with Gasteiger partial charge in [0.2, 0.25) is 0 Å². The molecule has 1 heterocycles. The fraction of sp³-hybridized carbons (Fsp3) is 0.435. The van der Waals surface area contributed by atoms with Gasteiger partial charge in [0.1, 0.15) is 5.75 Å². The van der Waals surface area contributed by atoms with E-state index >= 15 is 0 Å². The lowest BCUT2D eigenvalue weighted by molar-refractivity contribution is -0.159. The minimum atomic E-state index is -0.433. The fourth-order valence-electron chi connectivity index (χ4n) is 3.70. The van der Waals surface area contributed by atoms with Crippen molar-refractivity contribution in [2.75, 3.05) is 26.3 Å². The maximum atomic E-state index is 12.7. The number of hydrogen-bond donors (Lipinski definition) is 0. The second-order valence-corrected chi connectivity index (χ2v) is 7.17. The summed E-state index contributed by atoms with van der Waals surface area (Å²) in [7, 11) is 0. The Bertz CT molecular complexity index is 694. The van der Waals surface area contributed by atoms with Crippen LogP contribution in [0.4, 0.5) is 0 Å². The molecule has 0 aliphatic carbocycles.